The molecule has 0 bridgehead atoms. The molecular weight excluding hydrogens is 280 g/mol. The van der Waals surface area contributed by atoms with Crippen LogP contribution in [0.1, 0.15) is 51.5 Å². The first-order valence-electron chi connectivity index (χ1n) is 8.48. The summed E-state index contributed by atoms with van der Waals surface area (Å²) in [6.45, 7) is 3.96. The molecule has 1 aromatic heterocycles. The number of amides is 1. The Hall–Kier alpha value is -1.40. The number of rotatable bonds is 6. The van der Waals surface area contributed by atoms with Crippen LogP contribution in [0, 0.1) is 0 Å². The third kappa shape index (κ3) is 3.67. The summed E-state index contributed by atoms with van der Waals surface area (Å²) < 4.78 is 7.88. The van der Waals surface area contributed by atoms with Crippen LogP contribution in [0.15, 0.2) is 12.3 Å². The minimum Gasteiger partial charge on any atom is -0.365 e. The Morgan fingerprint density at radius 1 is 1.50 bits per heavy atom. The molecule has 1 aliphatic carbocycles. The maximum Gasteiger partial charge on any atom is 0.254 e. The molecule has 1 aliphatic heterocycles. The number of hydrogen-bond donors (Lipinski definition) is 2. The summed E-state index contributed by atoms with van der Waals surface area (Å²) in [5, 5.41) is 10.7. The molecule has 2 atom stereocenters. The largest absolute Gasteiger partial charge is 0.365 e. The fourth-order valence-electron chi connectivity index (χ4n) is 3.28. The number of carbonyl (C=O) groups is 1. The number of nitrogens with zero attached hydrogens (tertiary/aromatic N) is 2. The molecule has 2 heterocycles. The van der Waals surface area contributed by atoms with Crippen molar-refractivity contribution >= 4 is 11.7 Å². The molecule has 3 rings (SSSR count). The first-order chi connectivity index (χ1) is 10.8. The van der Waals surface area contributed by atoms with Gasteiger partial charge in [-0.15, -0.1) is 0 Å². The monoisotopic (exact) mass is 306 g/mol. The Morgan fingerprint density at radius 2 is 2.32 bits per heavy atom. The van der Waals surface area contributed by atoms with Gasteiger partial charge in [0.15, 0.2) is 5.82 Å². The maximum absolute atomic E-state index is 12.4. The number of nitrogens with one attached hydrogen (secondary N) is 2. The number of ether oxygens (including phenoxy) is 1. The molecule has 0 unspecified atom stereocenters. The Morgan fingerprint density at radius 3 is 3.00 bits per heavy atom. The Balaban J connectivity index is 1.55. The molecule has 6 heteroatoms. The highest BCUT2D eigenvalue weighted by Crippen LogP contribution is 2.23. The molecule has 6 nitrogen and oxygen atoms in total. The van der Waals surface area contributed by atoms with E-state index in [0.29, 0.717) is 18.3 Å². The zero-order valence-corrected chi connectivity index (χ0v) is 13.3. The predicted molar refractivity (Wildman–Crippen MR) is 84.8 cm³/mol. The number of hydrogen-bond acceptors (Lipinski definition) is 4. The van der Waals surface area contributed by atoms with Gasteiger partial charge in [-0.2, -0.15) is 5.10 Å². The fourth-order valence-corrected chi connectivity index (χ4v) is 3.28. The molecule has 1 amide bonds. The molecule has 0 spiro atoms. The van der Waals surface area contributed by atoms with Crippen LogP contribution >= 0.6 is 0 Å². The van der Waals surface area contributed by atoms with E-state index in [9.17, 15) is 4.79 Å². The lowest BCUT2D eigenvalue weighted by Crippen LogP contribution is -2.33. The van der Waals surface area contributed by atoms with E-state index in [1.807, 2.05) is 23.9 Å². The zero-order chi connectivity index (χ0) is 15.4. The smallest absolute Gasteiger partial charge is 0.254 e. The summed E-state index contributed by atoms with van der Waals surface area (Å²) in [6.07, 6.45) is 8.16. The van der Waals surface area contributed by atoms with Gasteiger partial charge >= 0.3 is 0 Å². The van der Waals surface area contributed by atoms with Crippen molar-refractivity contribution in [2.45, 2.75) is 63.7 Å². The van der Waals surface area contributed by atoms with Gasteiger partial charge in [-0.05, 0) is 32.2 Å². The van der Waals surface area contributed by atoms with Crippen molar-refractivity contribution in [1.29, 1.82) is 0 Å². The maximum atomic E-state index is 12.4. The summed E-state index contributed by atoms with van der Waals surface area (Å²) in [5.41, 5.74) is 0. The minimum absolute atomic E-state index is 0.0794. The molecule has 2 fully saturated rings. The van der Waals surface area contributed by atoms with Crippen LogP contribution in [0.3, 0.4) is 0 Å². The Labute approximate surface area is 131 Å². The predicted octanol–water partition coefficient (Wildman–Crippen LogP) is 2.09. The van der Waals surface area contributed by atoms with Crippen molar-refractivity contribution < 1.29 is 9.53 Å². The van der Waals surface area contributed by atoms with Crippen molar-refractivity contribution in [2.75, 3.05) is 18.4 Å². The second kappa shape index (κ2) is 7.24. The van der Waals surface area contributed by atoms with Gasteiger partial charge < -0.3 is 15.4 Å². The lowest BCUT2D eigenvalue weighted by atomic mass is 10.2. The lowest BCUT2D eigenvalue weighted by Gasteiger charge is -2.19. The second-order valence-electron chi connectivity index (χ2n) is 6.26. The molecule has 22 heavy (non-hydrogen) atoms. The quantitative estimate of drug-likeness (QED) is 0.844. The first kappa shape index (κ1) is 15.5. The van der Waals surface area contributed by atoms with E-state index >= 15 is 0 Å². The van der Waals surface area contributed by atoms with Crippen LogP contribution in [0.25, 0.3) is 0 Å². The van der Waals surface area contributed by atoms with Crippen molar-refractivity contribution in [3.05, 3.63) is 12.3 Å². The minimum atomic E-state index is -0.374. The van der Waals surface area contributed by atoms with E-state index in [1.165, 1.54) is 12.8 Å². The van der Waals surface area contributed by atoms with E-state index in [4.69, 9.17) is 4.74 Å². The molecule has 0 aromatic carbocycles. The van der Waals surface area contributed by atoms with Gasteiger partial charge in [0.2, 0.25) is 0 Å². The highest BCUT2D eigenvalue weighted by molar-refractivity contribution is 5.93. The molecule has 2 aliphatic rings. The van der Waals surface area contributed by atoms with Gasteiger partial charge in [-0.1, -0.05) is 19.8 Å². The third-order valence-electron chi connectivity index (χ3n) is 4.59. The fraction of sp³-hybridized carbons (Fsp3) is 0.750. The van der Waals surface area contributed by atoms with Crippen LogP contribution in [0.2, 0.25) is 0 Å². The standard InChI is InChI=1S/C16H26N4O2/c1-2-14(22-13-5-3-4-6-13)16(21)18-15-8-10-20(19-15)12-7-9-17-11-12/h8,10,12-14,17H,2-7,9,11H2,1H3,(H,18,19,21)/t12-,14+/m0/s1. The number of carbonyl (C=O) groups excluding carboxylic acids is 1. The van der Waals surface area contributed by atoms with Gasteiger partial charge in [0, 0.05) is 18.8 Å². The molecule has 122 valence electrons. The van der Waals surface area contributed by atoms with E-state index in [2.05, 4.69) is 15.7 Å². The van der Waals surface area contributed by atoms with Gasteiger partial charge in [0.05, 0.1) is 12.1 Å². The second-order valence-corrected chi connectivity index (χ2v) is 6.26. The molecule has 2 N–H and O–H groups in total. The SMILES string of the molecule is CC[C@@H](OC1CCCC1)C(=O)Nc1ccn([C@H]2CCNC2)n1. The average molecular weight is 306 g/mol. The van der Waals surface area contributed by atoms with Crippen LogP contribution in [-0.2, 0) is 9.53 Å². The van der Waals surface area contributed by atoms with E-state index in [0.717, 1.165) is 32.4 Å². The average Bonchev–Trinajstić information content (AvgIpc) is 3.25. The Kier molecular flexibility index (Phi) is 5.10. The van der Waals surface area contributed by atoms with Crippen molar-refractivity contribution in [1.82, 2.24) is 15.1 Å². The van der Waals surface area contributed by atoms with Crippen LogP contribution in [0.4, 0.5) is 5.82 Å². The Bertz CT molecular complexity index is 490. The van der Waals surface area contributed by atoms with Gasteiger partial charge in [-0.3, -0.25) is 9.48 Å². The molecular formula is C16H26N4O2. The summed E-state index contributed by atoms with van der Waals surface area (Å²) in [7, 11) is 0. The number of aromatic nitrogens is 2. The topological polar surface area (TPSA) is 68.2 Å². The zero-order valence-electron chi connectivity index (χ0n) is 13.3. The van der Waals surface area contributed by atoms with Crippen molar-refractivity contribution in [3.8, 4) is 0 Å². The van der Waals surface area contributed by atoms with E-state index in [-0.39, 0.29) is 18.1 Å². The first-order valence-corrected chi connectivity index (χ1v) is 8.48. The normalized spacial score (nSPS) is 23.8. The van der Waals surface area contributed by atoms with Gasteiger partial charge in [0.1, 0.15) is 6.10 Å². The summed E-state index contributed by atoms with van der Waals surface area (Å²) in [6, 6.07) is 2.25. The van der Waals surface area contributed by atoms with E-state index < -0.39 is 0 Å². The summed E-state index contributed by atoms with van der Waals surface area (Å²) in [4.78, 5) is 12.4. The molecule has 1 saturated carbocycles. The van der Waals surface area contributed by atoms with Crippen molar-refractivity contribution in [2.24, 2.45) is 0 Å². The summed E-state index contributed by atoms with van der Waals surface area (Å²) >= 11 is 0. The highest BCUT2D eigenvalue weighted by atomic mass is 16.5. The van der Waals surface area contributed by atoms with Crippen LogP contribution < -0.4 is 10.6 Å². The lowest BCUT2D eigenvalue weighted by molar-refractivity contribution is -0.131. The van der Waals surface area contributed by atoms with Crippen molar-refractivity contribution in [3.63, 3.8) is 0 Å². The van der Waals surface area contributed by atoms with Gasteiger partial charge in [0.25, 0.3) is 5.91 Å². The molecule has 0 radical (unpaired) electrons. The third-order valence-corrected chi connectivity index (χ3v) is 4.59. The van der Waals surface area contributed by atoms with E-state index in [1.54, 1.807) is 0 Å². The highest BCUT2D eigenvalue weighted by Gasteiger charge is 2.25. The summed E-state index contributed by atoms with van der Waals surface area (Å²) in [5.74, 6) is 0.537. The molecule has 1 aromatic rings. The number of anilines is 1. The van der Waals surface area contributed by atoms with Gasteiger partial charge in [-0.25, -0.2) is 0 Å². The van der Waals surface area contributed by atoms with Crippen LogP contribution in [-0.4, -0.2) is 41.0 Å². The molecule has 1 saturated heterocycles. The van der Waals surface area contributed by atoms with Crippen LogP contribution in [0.5, 0.6) is 0 Å².